The maximum Gasteiger partial charge on any atom is 0.225 e. The molecule has 0 aromatic carbocycles. The first-order chi connectivity index (χ1) is 6.30. The summed E-state index contributed by atoms with van der Waals surface area (Å²) in [4.78, 5) is 12.5. The van der Waals surface area contributed by atoms with Crippen molar-refractivity contribution < 1.29 is 18.3 Å². The molecule has 1 saturated heterocycles. The third-order valence-electron chi connectivity index (χ3n) is 2.23. The zero-order valence-electron chi connectivity index (χ0n) is 7.88. The number of hydrogen-bond acceptors (Lipinski definition) is 4. The zero-order chi connectivity index (χ0) is 10.9. The molecule has 1 heterocycles. The molecular formula is C7H14N2O4S. The number of likely N-dealkylation sites (tertiary alicyclic amines) is 1. The van der Waals surface area contributed by atoms with Crippen LogP contribution in [0.4, 0.5) is 0 Å². The first-order valence-electron chi connectivity index (χ1n) is 4.28. The lowest BCUT2D eigenvalue weighted by molar-refractivity contribution is -0.127. The van der Waals surface area contributed by atoms with Crippen LogP contribution < -0.4 is 5.14 Å². The zero-order valence-corrected chi connectivity index (χ0v) is 8.70. The molecule has 1 fully saturated rings. The maximum absolute atomic E-state index is 11.2. The Labute approximate surface area is 82.7 Å². The quantitative estimate of drug-likeness (QED) is 0.591. The molecule has 0 saturated carbocycles. The van der Waals surface area contributed by atoms with E-state index in [1.807, 2.05) is 0 Å². The van der Waals surface area contributed by atoms with Crippen LogP contribution in [0.25, 0.3) is 0 Å². The normalized spacial score (nSPS) is 25.5. The van der Waals surface area contributed by atoms with Crippen molar-refractivity contribution in [3.63, 3.8) is 0 Å². The molecule has 6 nitrogen and oxygen atoms in total. The lowest BCUT2D eigenvalue weighted by Gasteiger charge is -2.19. The summed E-state index contributed by atoms with van der Waals surface area (Å²) in [5.74, 6) is -0.229. The molecule has 0 aliphatic carbocycles. The minimum absolute atomic E-state index is 0.0503. The Morgan fingerprint density at radius 3 is 2.64 bits per heavy atom. The van der Waals surface area contributed by atoms with Gasteiger partial charge in [-0.05, 0) is 6.92 Å². The Kier molecular flexibility index (Phi) is 3.13. The monoisotopic (exact) mass is 222 g/mol. The van der Waals surface area contributed by atoms with Crippen LogP contribution in [0, 0.1) is 0 Å². The van der Waals surface area contributed by atoms with Crippen molar-refractivity contribution >= 4 is 15.9 Å². The van der Waals surface area contributed by atoms with Crippen molar-refractivity contribution in [2.45, 2.75) is 24.7 Å². The molecule has 14 heavy (non-hydrogen) atoms. The van der Waals surface area contributed by atoms with Gasteiger partial charge in [-0.1, -0.05) is 0 Å². The summed E-state index contributed by atoms with van der Waals surface area (Å²) in [5.41, 5.74) is 0. The molecule has 0 bridgehead atoms. The number of carbonyl (C=O) groups excluding carboxylic acids is 1. The molecule has 0 spiro atoms. The van der Waals surface area contributed by atoms with Crippen molar-refractivity contribution in [1.82, 2.24) is 4.90 Å². The smallest absolute Gasteiger partial charge is 0.225 e. The number of hydrogen-bond donors (Lipinski definition) is 2. The summed E-state index contributed by atoms with van der Waals surface area (Å²) in [6.45, 7) is 1.68. The second-order valence-corrected chi connectivity index (χ2v) is 5.54. The average molecular weight is 222 g/mol. The Morgan fingerprint density at radius 2 is 2.29 bits per heavy atom. The highest BCUT2D eigenvalue weighted by molar-refractivity contribution is 7.89. The van der Waals surface area contributed by atoms with Crippen LogP contribution in [0.2, 0.25) is 0 Å². The Bertz CT molecular complexity index is 327. The van der Waals surface area contributed by atoms with Gasteiger partial charge >= 0.3 is 0 Å². The third-order valence-corrected chi connectivity index (χ3v) is 3.50. The summed E-state index contributed by atoms with van der Waals surface area (Å²) in [5, 5.41) is 13.3. The minimum atomic E-state index is -3.61. The van der Waals surface area contributed by atoms with E-state index in [1.165, 1.54) is 11.8 Å². The standard InChI is InChI=1S/C7H14N2O4S/c1-5(14(8,12)13)3-9-4-6(10)2-7(9)11/h5-6,10H,2-4H2,1H3,(H2,8,12,13). The van der Waals surface area contributed by atoms with Crippen molar-refractivity contribution in [3.8, 4) is 0 Å². The molecule has 2 atom stereocenters. The van der Waals surface area contributed by atoms with Crippen LogP contribution in [0.15, 0.2) is 0 Å². The number of aliphatic hydroxyl groups excluding tert-OH is 1. The van der Waals surface area contributed by atoms with E-state index in [2.05, 4.69) is 0 Å². The lowest BCUT2D eigenvalue weighted by Crippen LogP contribution is -2.39. The lowest BCUT2D eigenvalue weighted by atomic mass is 10.3. The van der Waals surface area contributed by atoms with Crippen LogP contribution in [0.1, 0.15) is 13.3 Å². The van der Waals surface area contributed by atoms with E-state index in [4.69, 9.17) is 10.2 Å². The van der Waals surface area contributed by atoms with E-state index in [0.29, 0.717) is 0 Å². The molecule has 82 valence electrons. The van der Waals surface area contributed by atoms with Gasteiger partial charge in [-0.3, -0.25) is 4.79 Å². The first kappa shape index (κ1) is 11.4. The Balaban J connectivity index is 2.58. The fraction of sp³-hybridized carbons (Fsp3) is 0.857. The minimum Gasteiger partial charge on any atom is -0.391 e. The van der Waals surface area contributed by atoms with E-state index in [-0.39, 0.29) is 25.4 Å². The third kappa shape index (κ3) is 2.66. The summed E-state index contributed by atoms with van der Waals surface area (Å²) >= 11 is 0. The van der Waals surface area contributed by atoms with Crippen LogP contribution in [0.5, 0.6) is 0 Å². The molecule has 1 amide bonds. The number of amides is 1. The van der Waals surface area contributed by atoms with Crippen molar-refractivity contribution in [2.24, 2.45) is 5.14 Å². The number of β-amino-alcohol motifs (C(OH)–C–C–N with tert-alkyl or cyclic N) is 1. The number of sulfonamides is 1. The summed E-state index contributed by atoms with van der Waals surface area (Å²) < 4.78 is 21.8. The second kappa shape index (κ2) is 3.84. The van der Waals surface area contributed by atoms with Gasteiger partial charge in [-0.25, -0.2) is 13.6 Å². The van der Waals surface area contributed by atoms with Gasteiger partial charge in [0.15, 0.2) is 0 Å². The van der Waals surface area contributed by atoms with Crippen molar-refractivity contribution in [1.29, 1.82) is 0 Å². The molecule has 0 radical (unpaired) electrons. The van der Waals surface area contributed by atoms with Gasteiger partial charge in [-0.2, -0.15) is 0 Å². The molecule has 1 aliphatic heterocycles. The SMILES string of the molecule is CC(CN1CC(O)CC1=O)S(N)(=O)=O. The maximum atomic E-state index is 11.2. The number of aliphatic hydroxyl groups is 1. The van der Waals surface area contributed by atoms with Crippen LogP contribution in [0.3, 0.4) is 0 Å². The van der Waals surface area contributed by atoms with Gasteiger partial charge in [0.1, 0.15) is 0 Å². The summed E-state index contributed by atoms with van der Waals surface area (Å²) in [6.07, 6.45) is -0.618. The van der Waals surface area contributed by atoms with Crippen LogP contribution in [-0.2, 0) is 14.8 Å². The van der Waals surface area contributed by atoms with Gasteiger partial charge in [0.25, 0.3) is 0 Å². The molecule has 1 aliphatic rings. The fourth-order valence-electron chi connectivity index (χ4n) is 1.34. The van der Waals surface area contributed by atoms with E-state index in [1.54, 1.807) is 0 Å². The largest absolute Gasteiger partial charge is 0.391 e. The molecule has 1 rings (SSSR count). The molecule has 7 heteroatoms. The van der Waals surface area contributed by atoms with Gasteiger partial charge < -0.3 is 10.0 Å². The number of nitrogens with two attached hydrogens (primary N) is 1. The number of carbonyl (C=O) groups is 1. The first-order valence-corrected chi connectivity index (χ1v) is 5.89. The predicted molar refractivity (Wildman–Crippen MR) is 49.8 cm³/mol. The fourth-order valence-corrected chi connectivity index (χ4v) is 1.73. The highest BCUT2D eigenvalue weighted by Crippen LogP contribution is 2.12. The molecule has 0 aromatic rings. The number of rotatable bonds is 3. The highest BCUT2D eigenvalue weighted by atomic mass is 32.2. The Hall–Kier alpha value is -0.660. The van der Waals surface area contributed by atoms with Gasteiger partial charge in [0.2, 0.25) is 15.9 Å². The van der Waals surface area contributed by atoms with E-state index < -0.39 is 21.4 Å². The highest BCUT2D eigenvalue weighted by Gasteiger charge is 2.30. The van der Waals surface area contributed by atoms with Gasteiger partial charge in [0.05, 0.1) is 17.8 Å². The van der Waals surface area contributed by atoms with Gasteiger partial charge in [0, 0.05) is 13.1 Å². The van der Waals surface area contributed by atoms with Crippen LogP contribution >= 0.6 is 0 Å². The van der Waals surface area contributed by atoms with E-state index in [0.717, 1.165) is 0 Å². The van der Waals surface area contributed by atoms with Gasteiger partial charge in [-0.15, -0.1) is 0 Å². The molecule has 2 unspecified atom stereocenters. The molecule has 0 aromatic heterocycles. The summed E-state index contributed by atoms with van der Waals surface area (Å²) in [6, 6.07) is 0. The predicted octanol–water partition coefficient (Wildman–Crippen LogP) is -1.74. The van der Waals surface area contributed by atoms with Crippen LogP contribution in [-0.4, -0.2) is 48.8 Å². The van der Waals surface area contributed by atoms with Crippen molar-refractivity contribution in [3.05, 3.63) is 0 Å². The van der Waals surface area contributed by atoms with E-state index >= 15 is 0 Å². The number of nitrogens with zero attached hydrogens (tertiary/aromatic N) is 1. The Morgan fingerprint density at radius 1 is 1.71 bits per heavy atom. The molecular weight excluding hydrogens is 208 g/mol. The molecule has 3 N–H and O–H groups in total. The average Bonchev–Trinajstić information content (AvgIpc) is 2.28. The second-order valence-electron chi connectivity index (χ2n) is 3.56. The summed E-state index contributed by atoms with van der Waals surface area (Å²) in [7, 11) is -3.61. The van der Waals surface area contributed by atoms with E-state index in [9.17, 15) is 13.2 Å². The topological polar surface area (TPSA) is 101 Å². The number of primary sulfonamides is 1. The van der Waals surface area contributed by atoms with Crippen molar-refractivity contribution in [2.75, 3.05) is 13.1 Å².